The average molecular weight is 280 g/mol. The number of hydrogen-bond donors (Lipinski definition) is 0. The second-order valence-electron chi connectivity index (χ2n) is 5.08. The smallest absolute Gasteiger partial charge is 0.110 e. The van der Waals surface area contributed by atoms with Crippen LogP contribution in [-0.4, -0.2) is 24.3 Å². The van der Waals surface area contributed by atoms with Gasteiger partial charge < -0.3 is 9.47 Å². The highest BCUT2D eigenvalue weighted by atomic mass is 32.2. The molecule has 1 aliphatic rings. The van der Waals surface area contributed by atoms with Crippen molar-refractivity contribution in [3.8, 4) is 0 Å². The molecule has 1 saturated heterocycles. The molecule has 3 heteroatoms. The molecular weight excluding hydrogens is 256 g/mol. The van der Waals surface area contributed by atoms with Gasteiger partial charge in [0.05, 0.1) is 18.1 Å². The van der Waals surface area contributed by atoms with Gasteiger partial charge in [0.2, 0.25) is 0 Å². The van der Waals surface area contributed by atoms with Gasteiger partial charge in [0.25, 0.3) is 0 Å². The van der Waals surface area contributed by atoms with Crippen LogP contribution in [0.3, 0.4) is 0 Å². The van der Waals surface area contributed by atoms with Crippen LogP contribution in [0.1, 0.15) is 39.5 Å². The summed E-state index contributed by atoms with van der Waals surface area (Å²) in [4.78, 5) is 1.26. The Hall–Kier alpha value is -0.510. The van der Waals surface area contributed by atoms with Crippen LogP contribution < -0.4 is 0 Å². The van der Waals surface area contributed by atoms with E-state index in [0.29, 0.717) is 18.1 Å². The van der Waals surface area contributed by atoms with Crippen molar-refractivity contribution in [2.45, 2.75) is 62.7 Å². The third-order valence-electron chi connectivity index (χ3n) is 3.48. The van der Waals surface area contributed by atoms with Gasteiger partial charge >= 0.3 is 0 Å². The standard InChI is InChI=1S/C16H24O2S/c1-3-4-6-11-15-16(18-15)13(2)17-12-19-14-9-7-5-8-10-14/h5,7-10,13,15-16H,3-4,6,11-12H2,1-2H3/t13-,15-,16+/m1/s1. The number of benzene rings is 1. The summed E-state index contributed by atoms with van der Waals surface area (Å²) in [7, 11) is 0. The highest BCUT2D eigenvalue weighted by molar-refractivity contribution is 7.99. The predicted octanol–water partition coefficient (Wildman–Crippen LogP) is 4.49. The Balaban J connectivity index is 1.57. The van der Waals surface area contributed by atoms with Crippen LogP contribution >= 0.6 is 11.8 Å². The zero-order chi connectivity index (χ0) is 13.5. The van der Waals surface area contributed by atoms with E-state index < -0.39 is 0 Å². The zero-order valence-electron chi connectivity index (χ0n) is 11.9. The summed E-state index contributed by atoms with van der Waals surface area (Å²) in [6.45, 7) is 4.35. The first-order chi connectivity index (χ1) is 9.31. The SMILES string of the molecule is CCCCC[C@H]1O[C@H]1[C@@H](C)OCSc1ccccc1. The summed E-state index contributed by atoms with van der Waals surface area (Å²) in [6.07, 6.45) is 6.05. The van der Waals surface area contributed by atoms with E-state index in [2.05, 4.69) is 38.1 Å². The van der Waals surface area contributed by atoms with Crippen LogP contribution in [0.4, 0.5) is 0 Å². The van der Waals surface area contributed by atoms with E-state index in [1.165, 1.54) is 30.6 Å². The number of rotatable bonds is 9. The van der Waals surface area contributed by atoms with Crippen LogP contribution in [0.5, 0.6) is 0 Å². The largest absolute Gasteiger partial charge is 0.367 e. The van der Waals surface area contributed by atoms with E-state index in [-0.39, 0.29) is 6.10 Å². The molecule has 0 unspecified atom stereocenters. The van der Waals surface area contributed by atoms with Gasteiger partial charge in [-0.05, 0) is 25.5 Å². The molecule has 0 aromatic heterocycles. The molecule has 0 bridgehead atoms. The average Bonchev–Trinajstić information content (AvgIpc) is 3.20. The van der Waals surface area contributed by atoms with Gasteiger partial charge in [-0.2, -0.15) is 0 Å². The maximum absolute atomic E-state index is 5.84. The van der Waals surface area contributed by atoms with Gasteiger partial charge in [0.1, 0.15) is 6.10 Å². The molecule has 0 aliphatic carbocycles. The van der Waals surface area contributed by atoms with Crippen molar-refractivity contribution < 1.29 is 9.47 Å². The Kier molecular flexibility index (Phi) is 6.21. The maximum Gasteiger partial charge on any atom is 0.110 e. The van der Waals surface area contributed by atoms with E-state index >= 15 is 0 Å². The minimum absolute atomic E-state index is 0.211. The molecule has 19 heavy (non-hydrogen) atoms. The molecule has 1 fully saturated rings. The molecule has 3 atom stereocenters. The molecule has 1 aromatic carbocycles. The van der Waals surface area contributed by atoms with E-state index in [1.807, 2.05) is 6.07 Å². The van der Waals surface area contributed by atoms with Crippen LogP contribution in [0.2, 0.25) is 0 Å². The lowest BCUT2D eigenvalue weighted by molar-refractivity contribution is 0.0797. The lowest BCUT2D eigenvalue weighted by Gasteiger charge is -2.10. The fourth-order valence-electron chi connectivity index (χ4n) is 2.22. The van der Waals surface area contributed by atoms with Crippen molar-refractivity contribution in [2.24, 2.45) is 0 Å². The minimum Gasteiger partial charge on any atom is -0.367 e. The maximum atomic E-state index is 5.84. The first-order valence-corrected chi connectivity index (χ1v) is 8.24. The molecule has 0 amide bonds. The summed E-state index contributed by atoms with van der Waals surface area (Å²) in [5.41, 5.74) is 0. The van der Waals surface area contributed by atoms with Crippen molar-refractivity contribution in [3.05, 3.63) is 30.3 Å². The molecule has 0 N–H and O–H groups in total. The van der Waals surface area contributed by atoms with Gasteiger partial charge in [-0.1, -0.05) is 56.1 Å². The van der Waals surface area contributed by atoms with Crippen molar-refractivity contribution >= 4 is 11.8 Å². The Morgan fingerprint density at radius 3 is 2.79 bits per heavy atom. The third-order valence-corrected chi connectivity index (χ3v) is 4.34. The third kappa shape index (κ3) is 5.17. The summed E-state index contributed by atoms with van der Waals surface area (Å²) in [5.74, 6) is 0.701. The van der Waals surface area contributed by atoms with Gasteiger partial charge in [-0.25, -0.2) is 0 Å². The first-order valence-electron chi connectivity index (χ1n) is 7.26. The topological polar surface area (TPSA) is 21.8 Å². The lowest BCUT2D eigenvalue weighted by atomic mass is 10.1. The molecular formula is C16H24O2S. The van der Waals surface area contributed by atoms with E-state index in [1.54, 1.807) is 11.8 Å². The van der Waals surface area contributed by atoms with Crippen LogP contribution in [-0.2, 0) is 9.47 Å². The normalized spacial score (nSPS) is 23.3. The monoisotopic (exact) mass is 280 g/mol. The molecule has 1 aliphatic heterocycles. The van der Waals surface area contributed by atoms with Crippen LogP contribution in [0.15, 0.2) is 35.2 Å². The molecule has 2 rings (SSSR count). The number of unbranched alkanes of at least 4 members (excludes halogenated alkanes) is 2. The predicted molar refractivity (Wildman–Crippen MR) is 80.5 cm³/mol. The molecule has 106 valence electrons. The fraction of sp³-hybridized carbons (Fsp3) is 0.625. The van der Waals surface area contributed by atoms with Gasteiger partial charge in [-0.15, -0.1) is 0 Å². The van der Waals surface area contributed by atoms with E-state index in [0.717, 1.165) is 0 Å². The van der Waals surface area contributed by atoms with Crippen molar-refractivity contribution in [3.63, 3.8) is 0 Å². The van der Waals surface area contributed by atoms with Crippen molar-refractivity contribution in [1.82, 2.24) is 0 Å². The fourth-order valence-corrected chi connectivity index (χ4v) is 2.99. The Labute approximate surface area is 120 Å². The summed E-state index contributed by atoms with van der Waals surface area (Å²) in [6, 6.07) is 10.4. The van der Waals surface area contributed by atoms with E-state index in [4.69, 9.17) is 9.47 Å². The summed E-state index contributed by atoms with van der Waals surface area (Å²) < 4.78 is 11.5. The van der Waals surface area contributed by atoms with Crippen LogP contribution in [0.25, 0.3) is 0 Å². The lowest BCUT2D eigenvalue weighted by Crippen LogP contribution is -2.17. The molecule has 0 radical (unpaired) electrons. The Morgan fingerprint density at radius 2 is 2.05 bits per heavy atom. The highest BCUT2D eigenvalue weighted by Crippen LogP contribution is 2.32. The van der Waals surface area contributed by atoms with Crippen molar-refractivity contribution in [2.75, 3.05) is 5.94 Å². The summed E-state index contributed by atoms with van der Waals surface area (Å²) in [5, 5.41) is 0. The molecule has 0 spiro atoms. The zero-order valence-corrected chi connectivity index (χ0v) is 12.7. The molecule has 1 heterocycles. The van der Waals surface area contributed by atoms with Crippen molar-refractivity contribution in [1.29, 1.82) is 0 Å². The van der Waals surface area contributed by atoms with Gasteiger partial charge in [-0.3, -0.25) is 0 Å². The Morgan fingerprint density at radius 1 is 1.26 bits per heavy atom. The second kappa shape index (κ2) is 7.93. The van der Waals surface area contributed by atoms with Gasteiger partial charge in [0.15, 0.2) is 0 Å². The number of hydrogen-bond acceptors (Lipinski definition) is 3. The van der Waals surface area contributed by atoms with E-state index in [9.17, 15) is 0 Å². The first kappa shape index (κ1) is 14.9. The highest BCUT2D eigenvalue weighted by Gasteiger charge is 2.42. The number of epoxide rings is 1. The molecule has 2 nitrogen and oxygen atoms in total. The van der Waals surface area contributed by atoms with Gasteiger partial charge in [0, 0.05) is 4.90 Å². The number of thioether (sulfide) groups is 1. The summed E-state index contributed by atoms with van der Waals surface area (Å²) >= 11 is 1.74. The minimum atomic E-state index is 0.211. The Bertz CT molecular complexity index is 355. The molecule has 1 aromatic rings. The van der Waals surface area contributed by atoms with Crippen LogP contribution in [0, 0.1) is 0 Å². The quantitative estimate of drug-likeness (QED) is 0.288. The molecule has 0 saturated carbocycles. The second-order valence-corrected chi connectivity index (χ2v) is 6.08. The number of ether oxygens (including phenoxy) is 2.